The summed E-state index contributed by atoms with van der Waals surface area (Å²) in [6.45, 7) is 5.56. The molecular weight excluding hydrogens is 483 g/mol. The number of carboxylic acid groups (broad SMARTS) is 1. The van der Waals surface area contributed by atoms with E-state index >= 15 is 0 Å². The number of ether oxygens (including phenoxy) is 1. The van der Waals surface area contributed by atoms with Crippen LogP contribution in [0.1, 0.15) is 53.1 Å². The zero-order valence-electron chi connectivity index (χ0n) is 19.1. The number of halogens is 3. The van der Waals surface area contributed by atoms with Gasteiger partial charge in [0.15, 0.2) is 6.61 Å². The number of carboxylic acids is 1. The molecule has 1 unspecified atom stereocenters. The predicted octanol–water partition coefficient (Wildman–Crippen LogP) is 7.93. The average molecular weight is 510 g/mol. The SMILES string of the molecule is CCCCC(Sc1ccc(OCC(=O)O)c(C)c1)c1sc(-c2ccc(C(F)(F)F)cc2)nc1C. The minimum atomic E-state index is -4.36. The van der Waals surface area contributed by atoms with Crippen molar-refractivity contribution in [2.75, 3.05) is 6.61 Å². The lowest BCUT2D eigenvalue weighted by molar-refractivity contribution is -0.139. The molecule has 4 nitrogen and oxygen atoms in total. The second kappa shape index (κ2) is 11.3. The predicted molar refractivity (Wildman–Crippen MR) is 130 cm³/mol. The standard InChI is InChI=1S/C25H26F3NO3S2/c1-4-5-6-21(33-19-11-12-20(15(2)13-19)32-14-22(30)31)23-16(3)29-24(34-23)17-7-9-18(10-8-17)25(26,27)28/h7-13,21H,4-6,14H2,1-3H3,(H,30,31). The van der Waals surface area contributed by atoms with E-state index in [1.807, 2.05) is 26.0 Å². The largest absolute Gasteiger partial charge is 0.482 e. The van der Waals surface area contributed by atoms with Crippen LogP contribution in [0, 0.1) is 13.8 Å². The zero-order chi connectivity index (χ0) is 24.9. The van der Waals surface area contributed by atoms with Crippen molar-refractivity contribution in [3.8, 4) is 16.3 Å². The molecule has 0 aliphatic heterocycles. The van der Waals surface area contributed by atoms with E-state index in [0.717, 1.165) is 52.4 Å². The summed E-state index contributed by atoms with van der Waals surface area (Å²) >= 11 is 3.23. The van der Waals surface area contributed by atoms with Crippen LogP contribution in [0.25, 0.3) is 10.6 Å². The fourth-order valence-electron chi connectivity index (χ4n) is 3.43. The summed E-state index contributed by atoms with van der Waals surface area (Å²) < 4.78 is 44.0. The maximum absolute atomic E-state index is 12.9. The highest BCUT2D eigenvalue weighted by Crippen LogP contribution is 2.45. The third kappa shape index (κ3) is 6.76. The van der Waals surface area contributed by atoms with E-state index in [0.29, 0.717) is 16.3 Å². The number of thiazole rings is 1. The molecule has 0 aliphatic rings. The highest BCUT2D eigenvalue weighted by molar-refractivity contribution is 7.99. The van der Waals surface area contributed by atoms with Gasteiger partial charge in [-0.25, -0.2) is 9.78 Å². The maximum Gasteiger partial charge on any atom is 0.416 e. The number of rotatable bonds is 10. The minimum Gasteiger partial charge on any atom is -0.482 e. The van der Waals surface area contributed by atoms with Crippen molar-refractivity contribution < 1.29 is 27.8 Å². The van der Waals surface area contributed by atoms with Gasteiger partial charge < -0.3 is 9.84 Å². The molecule has 3 rings (SSSR count). The summed E-state index contributed by atoms with van der Waals surface area (Å²) in [6, 6.07) is 10.8. The first-order valence-electron chi connectivity index (χ1n) is 10.8. The molecule has 1 N–H and O–H groups in total. The van der Waals surface area contributed by atoms with Gasteiger partial charge in [0.05, 0.1) is 11.3 Å². The van der Waals surface area contributed by atoms with Gasteiger partial charge in [0.1, 0.15) is 10.8 Å². The second-order valence-electron chi connectivity index (χ2n) is 7.90. The van der Waals surface area contributed by atoms with Crippen molar-refractivity contribution >= 4 is 29.1 Å². The Morgan fingerprint density at radius 3 is 2.47 bits per heavy atom. The van der Waals surface area contributed by atoms with Crippen LogP contribution in [0.15, 0.2) is 47.4 Å². The Bertz CT molecular complexity index is 1130. The van der Waals surface area contributed by atoms with Crippen molar-refractivity contribution in [2.45, 2.75) is 56.4 Å². The fraction of sp³-hybridized carbons (Fsp3) is 0.360. The highest BCUT2D eigenvalue weighted by Gasteiger charge is 2.30. The Kier molecular flexibility index (Phi) is 8.65. The van der Waals surface area contributed by atoms with Crippen molar-refractivity contribution in [1.82, 2.24) is 4.98 Å². The van der Waals surface area contributed by atoms with E-state index in [1.165, 1.54) is 23.5 Å². The van der Waals surface area contributed by atoms with Gasteiger partial charge in [-0.2, -0.15) is 13.2 Å². The van der Waals surface area contributed by atoms with Crippen LogP contribution in [-0.4, -0.2) is 22.7 Å². The molecule has 0 fully saturated rings. The van der Waals surface area contributed by atoms with Gasteiger partial charge in [0.2, 0.25) is 0 Å². The molecule has 0 amide bonds. The third-order valence-corrected chi connectivity index (χ3v) is 7.93. The Labute approximate surface area is 205 Å². The summed E-state index contributed by atoms with van der Waals surface area (Å²) in [7, 11) is 0. The lowest BCUT2D eigenvalue weighted by atomic mass is 10.1. The van der Waals surface area contributed by atoms with Gasteiger partial charge in [0, 0.05) is 20.6 Å². The van der Waals surface area contributed by atoms with Crippen molar-refractivity contribution in [3.63, 3.8) is 0 Å². The zero-order valence-corrected chi connectivity index (χ0v) is 20.7. The molecule has 0 aliphatic carbocycles. The first-order chi connectivity index (χ1) is 16.1. The first-order valence-corrected chi connectivity index (χ1v) is 12.5. The lowest BCUT2D eigenvalue weighted by Crippen LogP contribution is -2.10. The summed E-state index contributed by atoms with van der Waals surface area (Å²) in [4.78, 5) is 17.6. The number of unbranched alkanes of at least 4 members (excludes halogenated alkanes) is 1. The van der Waals surface area contributed by atoms with Crippen LogP contribution in [0.4, 0.5) is 13.2 Å². The Morgan fingerprint density at radius 1 is 1.18 bits per heavy atom. The monoisotopic (exact) mass is 509 g/mol. The number of aliphatic carboxylic acids is 1. The number of hydrogen-bond acceptors (Lipinski definition) is 5. The third-order valence-electron chi connectivity index (χ3n) is 5.18. The number of aryl methyl sites for hydroxylation is 2. The van der Waals surface area contributed by atoms with E-state index < -0.39 is 17.7 Å². The topological polar surface area (TPSA) is 59.4 Å². The van der Waals surface area contributed by atoms with E-state index in [-0.39, 0.29) is 11.9 Å². The molecule has 182 valence electrons. The normalized spacial score (nSPS) is 12.5. The quantitative estimate of drug-likeness (QED) is 0.281. The number of alkyl halides is 3. The molecule has 1 atom stereocenters. The Hall–Kier alpha value is -2.52. The van der Waals surface area contributed by atoms with Crippen molar-refractivity contribution in [2.24, 2.45) is 0 Å². The van der Waals surface area contributed by atoms with Gasteiger partial charge >= 0.3 is 12.1 Å². The van der Waals surface area contributed by atoms with E-state index in [1.54, 1.807) is 17.8 Å². The van der Waals surface area contributed by atoms with E-state index in [4.69, 9.17) is 9.84 Å². The summed E-state index contributed by atoms with van der Waals surface area (Å²) in [5.74, 6) is -0.488. The van der Waals surface area contributed by atoms with Gasteiger partial charge in [-0.15, -0.1) is 23.1 Å². The Morgan fingerprint density at radius 2 is 1.88 bits per heavy atom. The van der Waals surface area contributed by atoms with Gasteiger partial charge in [-0.05, 0) is 56.2 Å². The fourth-order valence-corrected chi connectivity index (χ4v) is 6.08. The summed E-state index contributed by atoms with van der Waals surface area (Å²) in [6.07, 6.45) is -1.35. The number of nitrogens with zero attached hydrogens (tertiary/aromatic N) is 1. The number of benzene rings is 2. The summed E-state index contributed by atoms with van der Waals surface area (Å²) in [5.41, 5.74) is 1.73. The first kappa shape index (κ1) is 26.1. The average Bonchev–Trinajstić information content (AvgIpc) is 3.17. The van der Waals surface area contributed by atoms with Crippen LogP contribution in [-0.2, 0) is 11.0 Å². The molecular formula is C25H26F3NO3S2. The molecule has 3 aromatic rings. The molecule has 1 aromatic heterocycles. The van der Waals surface area contributed by atoms with Gasteiger partial charge in [-0.1, -0.05) is 31.9 Å². The smallest absolute Gasteiger partial charge is 0.416 e. The molecule has 0 bridgehead atoms. The number of hydrogen-bond donors (Lipinski definition) is 1. The minimum absolute atomic E-state index is 0.144. The van der Waals surface area contributed by atoms with Crippen LogP contribution >= 0.6 is 23.1 Å². The molecule has 0 spiro atoms. The number of carbonyl (C=O) groups is 1. The van der Waals surface area contributed by atoms with E-state index in [2.05, 4.69) is 11.9 Å². The van der Waals surface area contributed by atoms with Crippen LogP contribution in [0.5, 0.6) is 5.75 Å². The van der Waals surface area contributed by atoms with Gasteiger partial charge in [0.25, 0.3) is 0 Å². The summed E-state index contributed by atoms with van der Waals surface area (Å²) in [5, 5.41) is 9.67. The molecule has 34 heavy (non-hydrogen) atoms. The highest BCUT2D eigenvalue weighted by atomic mass is 32.2. The molecule has 0 radical (unpaired) electrons. The van der Waals surface area contributed by atoms with Crippen molar-refractivity contribution in [3.05, 3.63) is 64.2 Å². The molecule has 1 heterocycles. The maximum atomic E-state index is 12.9. The van der Waals surface area contributed by atoms with Gasteiger partial charge in [-0.3, -0.25) is 0 Å². The van der Waals surface area contributed by atoms with Crippen LogP contribution in [0.3, 0.4) is 0 Å². The Balaban J connectivity index is 1.84. The van der Waals surface area contributed by atoms with Crippen molar-refractivity contribution in [1.29, 1.82) is 0 Å². The van der Waals surface area contributed by atoms with Crippen LogP contribution in [0.2, 0.25) is 0 Å². The number of thioether (sulfide) groups is 1. The second-order valence-corrected chi connectivity index (χ2v) is 10.2. The lowest BCUT2D eigenvalue weighted by Gasteiger charge is -2.17. The number of aromatic nitrogens is 1. The molecule has 9 heteroatoms. The van der Waals surface area contributed by atoms with Crippen LogP contribution < -0.4 is 4.74 Å². The van der Waals surface area contributed by atoms with E-state index in [9.17, 15) is 18.0 Å². The molecule has 0 saturated carbocycles. The molecule has 2 aromatic carbocycles. The molecule has 0 saturated heterocycles.